The minimum absolute atomic E-state index is 0.0436. The van der Waals surface area contributed by atoms with Crippen molar-refractivity contribution in [2.75, 3.05) is 52.4 Å². The van der Waals surface area contributed by atoms with Gasteiger partial charge in [0.2, 0.25) is 17.7 Å². The summed E-state index contributed by atoms with van der Waals surface area (Å²) in [4.78, 5) is 42.1. The van der Waals surface area contributed by atoms with Crippen molar-refractivity contribution in [3.05, 3.63) is 0 Å². The molecule has 3 rings (SSSR count). The van der Waals surface area contributed by atoms with Crippen molar-refractivity contribution in [1.82, 2.24) is 20.0 Å². The van der Waals surface area contributed by atoms with Crippen LogP contribution in [0.4, 0.5) is 0 Å². The molecule has 0 unspecified atom stereocenters. The largest absolute Gasteiger partial charge is 0.355 e. The maximum Gasteiger partial charge on any atom is 0.234 e. The molecule has 3 aliphatic heterocycles. The van der Waals surface area contributed by atoms with E-state index in [-0.39, 0.29) is 17.7 Å². The summed E-state index contributed by atoms with van der Waals surface area (Å²) in [5.74, 6) is 0.748. The Balaban J connectivity index is 1.27. The second-order valence-corrected chi connectivity index (χ2v) is 7.77. The van der Waals surface area contributed by atoms with Gasteiger partial charge in [-0.2, -0.15) is 0 Å². The quantitative estimate of drug-likeness (QED) is 0.666. The zero-order valence-corrected chi connectivity index (χ0v) is 15.8. The lowest BCUT2D eigenvalue weighted by molar-refractivity contribution is -0.136. The van der Waals surface area contributed by atoms with Gasteiger partial charge in [0.15, 0.2) is 0 Å². The van der Waals surface area contributed by atoms with Crippen LogP contribution >= 0.6 is 0 Å². The average Bonchev–Trinajstić information content (AvgIpc) is 3.31. The molecule has 0 aromatic heterocycles. The van der Waals surface area contributed by atoms with Gasteiger partial charge in [-0.3, -0.25) is 19.3 Å². The van der Waals surface area contributed by atoms with Crippen LogP contribution in [0.15, 0.2) is 0 Å². The third-order valence-corrected chi connectivity index (χ3v) is 5.82. The highest BCUT2D eigenvalue weighted by Crippen LogP contribution is 2.21. The van der Waals surface area contributed by atoms with Crippen LogP contribution in [0, 0.1) is 5.92 Å². The molecule has 3 heterocycles. The fourth-order valence-corrected chi connectivity index (χ4v) is 4.23. The lowest BCUT2D eigenvalue weighted by Gasteiger charge is -2.32. The van der Waals surface area contributed by atoms with Crippen LogP contribution in [0.3, 0.4) is 0 Å². The highest BCUT2D eigenvalue weighted by atomic mass is 16.2. The fraction of sp³-hybridized carbons (Fsp3) is 0.842. The van der Waals surface area contributed by atoms with Gasteiger partial charge in [0.25, 0.3) is 0 Å². The Labute approximate surface area is 156 Å². The number of nitrogens with one attached hydrogen (secondary N) is 1. The van der Waals surface area contributed by atoms with E-state index < -0.39 is 0 Å². The monoisotopic (exact) mass is 364 g/mol. The average molecular weight is 364 g/mol. The van der Waals surface area contributed by atoms with Gasteiger partial charge >= 0.3 is 0 Å². The molecule has 0 spiro atoms. The summed E-state index contributed by atoms with van der Waals surface area (Å²) in [5.41, 5.74) is 0. The highest BCUT2D eigenvalue weighted by molar-refractivity contribution is 5.80. The number of amides is 3. The molecule has 3 amide bonds. The van der Waals surface area contributed by atoms with Crippen molar-refractivity contribution in [3.63, 3.8) is 0 Å². The Kier molecular flexibility index (Phi) is 6.88. The van der Waals surface area contributed by atoms with E-state index in [1.165, 1.54) is 0 Å². The minimum Gasteiger partial charge on any atom is -0.355 e. The van der Waals surface area contributed by atoms with Crippen molar-refractivity contribution in [2.45, 2.75) is 44.9 Å². The molecular formula is C19H32N4O3. The SMILES string of the molecule is O=C(CN1CCC(C(=O)N2CCCC2)CC1)NCCCN1CCCC1=O. The molecule has 0 atom stereocenters. The number of hydrogen-bond acceptors (Lipinski definition) is 4. The Morgan fingerprint density at radius 2 is 1.73 bits per heavy atom. The molecule has 1 N–H and O–H groups in total. The molecule has 0 aliphatic carbocycles. The number of rotatable bonds is 7. The molecule has 0 radical (unpaired) electrons. The molecule has 3 aliphatic rings. The Bertz CT molecular complexity index is 511. The first-order valence-electron chi connectivity index (χ1n) is 10.2. The van der Waals surface area contributed by atoms with Crippen LogP contribution in [0.1, 0.15) is 44.9 Å². The van der Waals surface area contributed by atoms with E-state index in [0.29, 0.717) is 25.4 Å². The maximum absolute atomic E-state index is 12.4. The lowest BCUT2D eigenvalue weighted by Crippen LogP contribution is -2.45. The molecule has 3 saturated heterocycles. The molecule has 7 heteroatoms. The summed E-state index contributed by atoms with van der Waals surface area (Å²) >= 11 is 0. The van der Waals surface area contributed by atoms with Crippen molar-refractivity contribution >= 4 is 17.7 Å². The van der Waals surface area contributed by atoms with Gasteiger partial charge in [-0.15, -0.1) is 0 Å². The molecule has 0 saturated carbocycles. The lowest BCUT2D eigenvalue weighted by atomic mass is 9.95. The number of hydrogen-bond donors (Lipinski definition) is 1. The molecule has 0 aromatic carbocycles. The van der Waals surface area contributed by atoms with Gasteiger partial charge in [0.1, 0.15) is 0 Å². The summed E-state index contributed by atoms with van der Waals surface area (Å²) in [7, 11) is 0. The second-order valence-electron chi connectivity index (χ2n) is 7.77. The number of carbonyl (C=O) groups excluding carboxylic acids is 3. The number of carbonyl (C=O) groups is 3. The highest BCUT2D eigenvalue weighted by Gasteiger charge is 2.30. The van der Waals surface area contributed by atoms with E-state index in [1.54, 1.807) is 0 Å². The number of piperidine rings is 1. The van der Waals surface area contributed by atoms with Crippen LogP contribution in [-0.2, 0) is 14.4 Å². The zero-order chi connectivity index (χ0) is 18.4. The van der Waals surface area contributed by atoms with Gasteiger partial charge in [-0.25, -0.2) is 0 Å². The van der Waals surface area contributed by atoms with E-state index >= 15 is 0 Å². The smallest absolute Gasteiger partial charge is 0.234 e. The summed E-state index contributed by atoms with van der Waals surface area (Å²) in [6, 6.07) is 0. The third kappa shape index (κ3) is 5.19. The number of likely N-dealkylation sites (tertiary alicyclic amines) is 3. The van der Waals surface area contributed by atoms with Crippen molar-refractivity contribution in [3.8, 4) is 0 Å². The summed E-state index contributed by atoms with van der Waals surface area (Å²) in [6.45, 7) is 6.11. The van der Waals surface area contributed by atoms with Gasteiger partial charge in [-0.05, 0) is 51.6 Å². The fourth-order valence-electron chi connectivity index (χ4n) is 4.23. The van der Waals surface area contributed by atoms with E-state index in [1.807, 2.05) is 9.80 Å². The predicted octanol–water partition coefficient (Wildman–Crippen LogP) is 0.450. The van der Waals surface area contributed by atoms with Crippen LogP contribution in [-0.4, -0.2) is 84.8 Å². The molecule has 146 valence electrons. The van der Waals surface area contributed by atoms with Crippen molar-refractivity contribution in [2.24, 2.45) is 5.92 Å². The molecule has 3 fully saturated rings. The summed E-state index contributed by atoms with van der Waals surface area (Å²) in [6.07, 6.45) is 6.43. The zero-order valence-electron chi connectivity index (χ0n) is 15.8. The van der Waals surface area contributed by atoms with Crippen molar-refractivity contribution < 1.29 is 14.4 Å². The van der Waals surface area contributed by atoms with Crippen molar-refractivity contribution in [1.29, 1.82) is 0 Å². The van der Waals surface area contributed by atoms with Gasteiger partial charge < -0.3 is 15.1 Å². The summed E-state index contributed by atoms with van der Waals surface area (Å²) < 4.78 is 0. The van der Waals surface area contributed by atoms with Gasteiger partial charge in [-0.1, -0.05) is 0 Å². The first-order valence-corrected chi connectivity index (χ1v) is 10.2. The van der Waals surface area contributed by atoms with Crippen LogP contribution in [0.25, 0.3) is 0 Å². The molecule has 0 aromatic rings. The Hall–Kier alpha value is -1.63. The molecule has 0 bridgehead atoms. The number of nitrogens with zero attached hydrogens (tertiary/aromatic N) is 3. The van der Waals surface area contributed by atoms with E-state index in [2.05, 4.69) is 10.2 Å². The Morgan fingerprint density at radius 1 is 1.00 bits per heavy atom. The second kappa shape index (κ2) is 9.35. The van der Waals surface area contributed by atoms with Gasteiger partial charge in [0, 0.05) is 45.1 Å². The minimum atomic E-state index is 0.0436. The molecular weight excluding hydrogens is 332 g/mol. The first-order chi connectivity index (χ1) is 12.6. The van der Waals surface area contributed by atoms with Crippen LogP contribution < -0.4 is 5.32 Å². The standard InChI is InChI=1S/C19H32N4O3/c24-17(20-8-4-12-22-11-3-5-18(22)25)15-21-13-6-16(7-14-21)19(26)23-9-1-2-10-23/h16H,1-15H2,(H,20,24). The van der Waals surface area contributed by atoms with Crippen LogP contribution in [0.5, 0.6) is 0 Å². The Morgan fingerprint density at radius 3 is 2.38 bits per heavy atom. The van der Waals surface area contributed by atoms with Gasteiger partial charge in [0.05, 0.1) is 6.54 Å². The van der Waals surface area contributed by atoms with E-state index in [9.17, 15) is 14.4 Å². The molecule has 26 heavy (non-hydrogen) atoms. The molecule has 7 nitrogen and oxygen atoms in total. The topological polar surface area (TPSA) is 73.0 Å². The van der Waals surface area contributed by atoms with E-state index in [0.717, 1.165) is 77.8 Å². The first kappa shape index (κ1) is 19.1. The third-order valence-electron chi connectivity index (χ3n) is 5.82. The summed E-state index contributed by atoms with van der Waals surface area (Å²) in [5, 5.41) is 2.95. The normalized spacial score (nSPS) is 22.2. The van der Waals surface area contributed by atoms with Crippen LogP contribution in [0.2, 0.25) is 0 Å². The van der Waals surface area contributed by atoms with E-state index in [4.69, 9.17) is 0 Å². The predicted molar refractivity (Wildman–Crippen MR) is 98.4 cm³/mol. The maximum atomic E-state index is 12.4.